The number of aryl methyl sites for hydroxylation is 2. The van der Waals surface area contributed by atoms with Gasteiger partial charge in [-0.1, -0.05) is 42.0 Å². The minimum atomic E-state index is -0.223. The van der Waals surface area contributed by atoms with E-state index in [1.807, 2.05) is 56.3 Å². The lowest BCUT2D eigenvalue weighted by Gasteiger charge is -2.10. The predicted molar refractivity (Wildman–Crippen MR) is 99.5 cm³/mol. The Morgan fingerprint density at radius 1 is 1.00 bits per heavy atom. The fraction of sp³-hybridized carbons (Fsp3) is 0.143. The maximum Gasteiger partial charge on any atom is 0.257 e. The predicted octanol–water partition coefficient (Wildman–Crippen LogP) is 4.11. The molecule has 0 unspecified atom stereocenters. The van der Waals surface area contributed by atoms with Crippen molar-refractivity contribution in [3.63, 3.8) is 0 Å². The summed E-state index contributed by atoms with van der Waals surface area (Å²) in [6, 6.07) is 15.4. The molecule has 3 rings (SSSR count). The van der Waals surface area contributed by atoms with Crippen LogP contribution in [0.3, 0.4) is 0 Å². The van der Waals surface area contributed by atoms with Gasteiger partial charge in [-0.3, -0.25) is 9.78 Å². The van der Waals surface area contributed by atoms with Gasteiger partial charge in [-0.05, 0) is 42.7 Å². The number of anilines is 1. The lowest BCUT2D eigenvalue weighted by atomic mass is 10.0. The lowest BCUT2D eigenvalue weighted by Crippen LogP contribution is -2.13. The van der Waals surface area contributed by atoms with E-state index in [9.17, 15) is 9.90 Å². The van der Waals surface area contributed by atoms with Crippen molar-refractivity contribution in [2.45, 2.75) is 20.5 Å². The molecule has 1 amide bonds. The Morgan fingerprint density at radius 3 is 2.48 bits per heavy atom. The average molecular weight is 332 g/mol. The Kier molecular flexibility index (Phi) is 4.91. The Bertz CT molecular complexity index is 902. The molecular weight excluding hydrogens is 312 g/mol. The molecule has 2 aromatic carbocycles. The van der Waals surface area contributed by atoms with Crippen molar-refractivity contribution in [2.24, 2.45) is 0 Å². The van der Waals surface area contributed by atoms with Gasteiger partial charge in [0.25, 0.3) is 5.91 Å². The zero-order valence-corrected chi connectivity index (χ0v) is 14.3. The number of rotatable bonds is 4. The second-order valence-electron chi connectivity index (χ2n) is 6.09. The average Bonchev–Trinajstić information content (AvgIpc) is 2.64. The number of aliphatic hydroxyl groups excluding tert-OH is 1. The zero-order chi connectivity index (χ0) is 17.8. The van der Waals surface area contributed by atoms with Crippen molar-refractivity contribution in [3.8, 4) is 11.1 Å². The molecule has 0 bridgehead atoms. The highest BCUT2D eigenvalue weighted by Gasteiger charge is 2.10. The van der Waals surface area contributed by atoms with E-state index in [0.29, 0.717) is 11.3 Å². The number of benzene rings is 2. The molecule has 3 aromatic rings. The maximum absolute atomic E-state index is 12.6. The normalized spacial score (nSPS) is 10.5. The number of hydrogen-bond donors (Lipinski definition) is 2. The van der Waals surface area contributed by atoms with Crippen LogP contribution in [0.1, 0.15) is 27.0 Å². The van der Waals surface area contributed by atoms with E-state index < -0.39 is 0 Å². The van der Waals surface area contributed by atoms with Gasteiger partial charge in [0.1, 0.15) is 0 Å². The number of pyridine rings is 1. The molecule has 126 valence electrons. The molecule has 25 heavy (non-hydrogen) atoms. The van der Waals surface area contributed by atoms with Crippen LogP contribution in [0.25, 0.3) is 11.1 Å². The third-order valence-corrected chi connectivity index (χ3v) is 4.12. The monoisotopic (exact) mass is 332 g/mol. The van der Waals surface area contributed by atoms with Crippen LogP contribution < -0.4 is 5.32 Å². The van der Waals surface area contributed by atoms with E-state index in [0.717, 1.165) is 22.3 Å². The molecule has 0 aliphatic rings. The van der Waals surface area contributed by atoms with Gasteiger partial charge in [0.15, 0.2) is 0 Å². The van der Waals surface area contributed by atoms with Crippen molar-refractivity contribution < 1.29 is 9.90 Å². The molecule has 2 N–H and O–H groups in total. The van der Waals surface area contributed by atoms with Crippen LogP contribution in [0, 0.1) is 13.8 Å². The highest BCUT2D eigenvalue weighted by atomic mass is 16.3. The summed E-state index contributed by atoms with van der Waals surface area (Å²) in [6.07, 6.45) is 3.30. The van der Waals surface area contributed by atoms with E-state index in [4.69, 9.17) is 0 Å². The molecule has 0 saturated carbocycles. The number of carbonyl (C=O) groups excluding carboxylic acids is 1. The number of carbonyl (C=O) groups is 1. The van der Waals surface area contributed by atoms with Gasteiger partial charge in [-0.2, -0.15) is 0 Å². The van der Waals surface area contributed by atoms with Crippen molar-refractivity contribution in [1.82, 2.24) is 4.98 Å². The van der Waals surface area contributed by atoms with E-state index >= 15 is 0 Å². The topological polar surface area (TPSA) is 62.2 Å². The number of hydrogen-bond acceptors (Lipinski definition) is 3. The largest absolute Gasteiger partial charge is 0.392 e. The van der Waals surface area contributed by atoms with Crippen LogP contribution in [0.5, 0.6) is 0 Å². The molecule has 0 spiro atoms. The third-order valence-electron chi connectivity index (χ3n) is 4.12. The summed E-state index contributed by atoms with van der Waals surface area (Å²) in [7, 11) is 0. The van der Waals surface area contributed by atoms with E-state index in [-0.39, 0.29) is 12.5 Å². The second kappa shape index (κ2) is 7.28. The number of aliphatic hydroxyl groups is 1. The van der Waals surface area contributed by atoms with Gasteiger partial charge in [-0.15, -0.1) is 0 Å². The zero-order valence-electron chi connectivity index (χ0n) is 14.3. The smallest absolute Gasteiger partial charge is 0.257 e. The van der Waals surface area contributed by atoms with Gasteiger partial charge in [0.05, 0.1) is 12.2 Å². The number of nitrogens with one attached hydrogen (secondary N) is 1. The van der Waals surface area contributed by atoms with Crippen molar-refractivity contribution in [2.75, 3.05) is 5.32 Å². The first-order valence-corrected chi connectivity index (χ1v) is 8.10. The molecule has 0 aliphatic heterocycles. The molecule has 0 fully saturated rings. The molecular formula is C21H20N2O2. The first-order valence-electron chi connectivity index (χ1n) is 8.10. The molecule has 0 aliphatic carbocycles. The Balaban J connectivity index is 1.86. The third kappa shape index (κ3) is 3.92. The molecule has 1 heterocycles. The van der Waals surface area contributed by atoms with Crippen molar-refractivity contribution in [3.05, 3.63) is 83.2 Å². The fourth-order valence-corrected chi connectivity index (χ4v) is 2.56. The van der Waals surface area contributed by atoms with Gasteiger partial charge in [0.2, 0.25) is 0 Å². The summed E-state index contributed by atoms with van der Waals surface area (Å²) in [5.41, 5.74) is 5.98. The summed E-state index contributed by atoms with van der Waals surface area (Å²) in [6.45, 7) is 3.89. The first-order chi connectivity index (χ1) is 12.1. The minimum Gasteiger partial charge on any atom is -0.392 e. The Hall–Kier alpha value is -2.98. The van der Waals surface area contributed by atoms with Crippen molar-refractivity contribution in [1.29, 1.82) is 0 Å². The highest BCUT2D eigenvalue weighted by Crippen LogP contribution is 2.22. The van der Waals surface area contributed by atoms with Gasteiger partial charge in [-0.25, -0.2) is 0 Å². The van der Waals surface area contributed by atoms with E-state index in [1.54, 1.807) is 18.5 Å². The SMILES string of the molecule is Cc1ccc(-c2cncc(C(=O)Nc3cc(CO)ccc3C)c2)cc1. The van der Waals surface area contributed by atoms with Crippen LogP contribution >= 0.6 is 0 Å². The highest BCUT2D eigenvalue weighted by molar-refractivity contribution is 6.05. The minimum absolute atomic E-state index is 0.0619. The van der Waals surface area contributed by atoms with Crippen molar-refractivity contribution >= 4 is 11.6 Å². The Morgan fingerprint density at radius 2 is 1.76 bits per heavy atom. The summed E-state index contributed by atoms with van der Waals surface area (Å²) >= 11 is 0. The quantitative estimate of drug-likeness (QED) is 0.756. The molecule has 4 heteroatoms. The molecule has 4 nitrogen and oxygen atoms in total. The summed E-state index contributed by atoms with van der Waals surface area (Å²) in [5.74, 6) is -0.223. The fourth-order valence-electron chi connectivity index (χ4n) is 2.56. The summed E-state index contributed by atoms with van der Waals surface area (Å²) in [5, 5.41) is 12.2. The van der Waals surface area contributed by atoms with Crippen LogP contribution in [-0.4, -0.2) is 16.0 Å². The van der Waals surface area contributed by atoms with Gasteiger partial charge < -0.3 is 10.4 Å². The summed E-state index contributed by atoms with van der Waals surface area (Å²) < 4.78 is 0. The second-order valence-corrected chi connectivity index (χ2v) is 6.09. The van der Waals surface area contributed by atoms with Crippen LogP contribution in [0.2, 0.25) is 0 Å². The lowest BCUT2D eigenvalue weighted by molar-refractivity contribution is 0.102. The van der Waals surface area contributed by atoms with Crippen LogP contribution in [-0.2, 0) is 6.61 Å². The molecule has 1 aromatic heterocycles. The van der Waals surface area contributed by atoms with Crippen LogP contribution in [0.15, 0.2) is 60.9 Å². The van der Waals surface area contributed by atoms with Gasteiger partial charge >= 0.3 is 0 Å². The first kappa shape index (κ1) is 16.9. The molecule has 0 radical (unpaired) electrons. The Labute approximate surface area is 147 Å². The molecule has 0 atom stereocenters. The summed E-state index contributed by atoms with van der Waals surface area (Å²) in [4.78, 5) is 16.8. The number of nitrogens with zero attached hydrogens (tertiary/aromatic N) is 1. The van der Waals surface area contributed by atoms with Crippen LogP contribution in [0.4, 0.5) is 5.69 Å². The number of amides is 1. The van der Waals surface area contributed by atoms with E-state index in [2.05, 4.69) is 10.3 Å². The van der Waals surface area contributed by atoms with Gasteiger partial charge in [0, 0.05) is 23.6 Å². The maximum atomic E-state index is 12.6. The standard InChI is InChI=1S/C21H20N2O2/c1-14-3-7-17(8-4-14)18-10-19(12-22-11-18)21(25)23-20-9-16(13-24)6-5-15(20)2/h3-12,24H,13H2,1-2H3,(H,23,25). The van der Waals surface area contributed by atoms with E-state index in [1.165, 1.54) is 5.56 Å². The molecule has 0 saturated heterocycles. The number of aromatic nitrogens is 1.